The molecule has 66 heavy (non-hydrogen) atoms. The summed E-state index contributed by atoms with van der Waals surface area (Å²) in [7, 11) is -3.11. The molecule has 0 aliphatic heterocycles. The fourth-order valence-electron chi connectivity index (χ4n) is 8.52. The fraction of sp³-hybridized carbons (Fsp3) is 0.286. The number of rotatable bonds is 18. The molecule has 0 saturated heterocycles. The second kappa shape index (κ2) is 23.4. The third kappa shape index (κ3) is 12.2. The summed E-state index contributed by atoms with van der Waals surface area (Å²) in [6.45, 7) is 10.7. The molecule has 0 spiro atoms. The second-order valence-corrected chi connectivity index (χ2v) is 17.0. The zero-order chi connectivity index (χ0) is 46.4. The van der Waals surface area contributed by atoms with Crippen LogP contribution >= 0.6 is 0 Å². The summed E-state index contributed by atoms with van der Waals surface area (Å²) in [6.07, 6.45) is 13.8. The van der Waals surface area contributed by atoms with Gasteiger partial charge in [-0.3, -0.25) is 0 Å². The van der Waals surface area contributed by atoms with E-state index < -0.39 is 14.2 Å². The molecule has 10 heteroatoms. The molecular weight excluding hydrogens is 822 g/mol. The molecule has 0 atom stereocenters. The molecule has 0 amide bonds. The molecule has 8 bridgehead atoms. The molecule has 0 aromatic heterocycles. The van der Waals surface area contributed by atoms with Gasteiger partial charge in [-0.15, -0.1) is 0 Å². The largest absolute Gasteiger partial charge is 0.493 e. The molecule has 6 aromatic carbocycles. The fourth-order valence-corrected chi connectivity index (χ4v) is 8.52. The summed E-state index contributed by atoms with van der Waals surface area (Å²) < 4.78 is 27.1. The lowest BCUT2D eigenvalue weighted by Crippen LogP contribution is -2.29. The van der Waals surface area contributed by atoms with Crippen molar-refractivity contribution in [1.82, 2.24) is 0 Å². The number of benzene rings is 6. The Morgan fingerprint density at radius 2 is 0.636 bits per heavy atom. The third-order valence-corrected chi connectivity index (χ3v) is 11.6. The number of hydrogen-bond acceptors (Lipinski definition) is 8. The van der Waals surface area contributed by atoms with Gasteiger partial charge < -0.3 is 39.0 Å². The molecule has 0 fully saturated rings. The van der Waals surface area contributed by atoms with Gasteiger partial charge in [0, 0.05) is 25.7 Å². The van der Waals surface area contributed by atoms with Gasteiger partial charge in [-0.1, -0.05) is 137 Å². The van der Waals surface area contributed by atoms with Crippen molar-refractivity contribution >= 4 is 49.5 Å². The van der Waals surface area contributed by atoms with Crippen molar-refractivity contribution in [2.24, 2.45) is 0 Å². The first-order valence-electron chi connectivity index (χ1n) is 23.5. The van der Waals surface area contributed by atoms with Crippen LogP contribution in [0.1, 0.15) is 120 Å². The second-order valence-electron chi connectivity index (χ2n) is 17.0. The highest BCUT2D eigenvalue weighted by Gasteiger charge is 2.23. The molecule has 340 valence electrons. The van der Waals surface area contributed by atoms with Crippen LogP contribution in [-0.2, 0) is 25.7 Å². The van der Waals surface area contributed by atoms with Gasteiger partial charge in [0.25, 0.3) is 0 Å². The monoisotopic (exact) mass is 884 g/mol. The summed E-state index contributed by atoms with van der Waals surface area (Å²) in [5.74, 6) is 3.44. The maximum absolute atomic E-state index is 9.89. The van der Waals surface area contributed by atoms with E-state index in [1.165, 1.54) is 0 Å². The Hall–Kier alpha value is -6.03. The molecular formula is C56H62B2O8. The van der Waals surface area contributed by atoms with Crippen LogP contribution in [0.5, 0.6) is 23.0 Å². The molecule has 1 aliphatic rings. The van der Waals surface area contributed by atoms with E-state index in [9.17, 15) is 20.1 Å². The first-order chi connectivity index (χ1) is 32.2. The van der Waals surface area contributed by atoms with Crippen molar-refractivity contribution in [3.63, 3.8) is 0 Å². The van der Waals surface area contributed by atoms with Crippen molar-refractivity contribution in [1.29, 1.82) is 0 Å². The maximum atomic E-state index is 9.89. The van der Waals surface area contributed by atoms with Crippen LogP contribution in [0.4, 0.5) is 0 Å². The minimum absolute atomic E-state index is 0.433. The number of para-hydroxylation sites is 2. The minimum Gasteiger partial charge on any atom is -0.493 e. The van der Waals surface area contributed by atoms with Gasteiger partial charge in [0.15, 0.2) is 0 Å². The summed E-state index contributed by atoms with van der Waals surface area (Å²) in [5, 5.41) is 39.6. The SMILES string of the molecule is CCCOc1c2cccc1Cc1cc(/C=C/c3cccc(B(O)O)c3)cc(c1OCCC)Cc1cccc(c1OCCC)Cc1cc(/C=C/c3cccc(B(O)O)c3)cc(c1OCCC)C2. The van der Waals surface area contributed by atoms with Crippen molar-refractivity contribution in [3.05, 3.63) is 176 Å². The summed E-state index contributed by atoms with van der Waals surface area (Å²) in [5.41, 5.74) is 12.9. The number of fused-ring (bicyclic) bond motifs is 8. The van der Waals surface area contributed by atoms with E-state index in [1.807, 2.05) is 36.4 Å². The van der Waals surface area contributed by atoms with E-state index in [4.69, 9.17) is 18.9 Å². The molecule has 7 rings (SSSR count). The van der Waals surface area contributed by atoms with Gasteiger partial charge in [0.05, 0.1) is 26.4 Å². The predicted octanol–water partition coefficient (Wildman–Crippen LogP) is 9.22. The molecule has 0 radical (unpaired) electrons. The van der Waals surface area contributed by atoms with E-state index in [2.05, 4.69) is 101 Å². The number of hydrogen-bond donors (Lipinski definition) is 4. The van der Waals surface area contributed by atoms with Gasteiger partial charge in [0.1, 0.15) is 23.0 Å². The van der Waals surface area contributed by atoms with E-state index in [1.54, 1.807) is 24.3 Å². The Morgan fingerprint density at radius 1 is 0.364 bits per heavy atom. The standard InChI is InChI=1S/C56H62B2O8/c1-5-25-63-53-43-15-11-16-44(53)36-48-30-42(24-22-40-14-10-20-52(34-40)58(61)62)32-50(56(48)66-28-8-4)38-46-18-12-17-45(54(46)64-26-6-2)37-49-31-41(29-47(35-43)55(49)65-27-7-3)23-21-39-13-9-19-51(33-39)57(59)60/h9-24,29-34,59-62H,5-8,25-28,35-38H2,1-4H3/b23-21+,24-22+. The van der Waals surface area contributed by atoms with Gasteiger partial charge >= 0.3 is 14.2 Å². The lowest BCUT2D eigenvalue weighted by Gasteiger charge is -2.23. The van der Waals surface area contributed by atoms with Crippen LogP contribution in [0.2, 0.25) is 0 Å². The van der Waals surface area contributed by atoms with Crippen molar-refractivity contribution in [2.45, 2.75) is 79.1 Å². The van der Waals surface area contributed by atoms with Crippen LogP contribution in [0.3, 0.4) is 0 Å². The highest BCUT2D eigenvalue weighted by Crippen LogP contribution is 2.40. The third-order valence-electron chi connectivity index (χ3n) is 11.6. The number of ether oxygens (including phenoxy) is 4. The summed E-state index contributed by atoms with van der Waals surface area (Å²) in [6, 6.07) is 36.2. The van der Waals surface area contributed by atoms with Crippen LogP contribution in [0.25, 0.3) is 24.3 Å². The Bertz CT molecular complexity index is 2360. The van der Waals surface area contributed by atoms with Crippen molar-refractivity contribution in [2.75, 3.05) is 26.4 Å². The highest BCUT2D eigenvalue weighted by atomic mass is 16.5. The zero-order valence-electron chi connectivity index (χ0n) is 38.8. The Kier molecular flexibility index (Phi) is 17.0. The van der Waals surface area contributed by atoms with E-state index >= 15 is 0 Å². The normalized spacial score (nSPS) is 12.4. The topological polar surface area (TPSA) is 118 Å². The Labute approximate surface area is 391 Å². The van der Waals surface area contributed by atoms with E-state index in [0.717, 1.165) is 115 Å². The molecule has 0 unspecified atom stereocenters. The quantitative estimate of drug-likeness (QED) is 0.0498. The van der Waals surface area contributed by atoms with Gasteiger partial charge in [0.2, 0.25) is 0 Å². The Morgan fingerprint density at radius 3 is 0.924 bits per heavy atom. The lowest BCUT2D eigenvalue weighted by molar-refractivity contribution is 0.304. The summed E-state index contributed by atoms with van der Waals surface area (Å²) in [4.78, 5) is 0. The molecule has 6 aromatic rings. The minimum atomic E-state index is -1.55. The molecule has 4 N–H and O–H groups in total. The van der Waals surface area contributed by atoms with E-state index in [0.29, 0.717) is 63.0 Å². The van der Waals surface area contributed by atoms with E-state index in [-0.39, 0.29) is 0 Å². The first-order valence-corrected chi connectivity index (χ1v) is 23.5. The van der Waals surface area contributed by atoms with Gasteiger partial charge in [-0.25, -0.2) is 0 Å². The maximum Gasteiger partial charge on any atom is 0.488 e. The van der Waals surface area contributed by atoms with Gasteiger partial charge in [-0.05, 0) is 128 Å². The molecule has 0 heterocycles. The molecule has 8 nitrogen and oxygen atoms in total. The predicted molar refractivity (Wildman–Crippen MR) is 271 cm³/mol. The highest BCUT2D eigenvalue weighted by molar-refractivity contribution is 6.59. The van der Waals surface area contributed by atoms with Crippen LogP contribution in [0, 0.1) is 0 Å². The average molecular weight is 885 g/mol. The van der Waals surface area contributed by atoms with Crippen LogP contribution < -0.4 is 29.9 Å². The van der Waals surface area contributed by atoms with Crippen molar-refractivity contribution in [3.8, 4) is 23.0 Å². The lowest BCUT2D eigenvalue weighted by atomic mass is 9.79. The smallest absolute Gasteiger partial charge is 0.488 e. The summed E-state index contributed by atoms with van der Waals surface area (Å²) >= 11 is 0. The van der Waals surface area contributed by atoms with Crippen LogP contribution in [0.15, 0.2) is 109 Å². The molecule has 0 saturated carbocycles. The van der Waals surface area contributed by atoms with Crippen molar-refractivity contribution < 1.29 is 39.0 Å². The molecule has 1 aliphatic carbocycles. The zero-order valence-corrected chi connectivity index (χ0v) is 38.8. The van der Waals surface area contributed by atoms with Gasteiger partial charge in [-0.2, -0.15) is 0 Å². The first kappa shape index (κ1) is 47.9. The average Bonchev–Trinajstić information content (AvgIpc) is 3.31. The Balaban J connectivity index is 1.46. The van der Waals surface area contributed by atoms with Crippen LogP contribution in [-0.4, -0.2) is 60.8 Å².